The molecule has 1 aromatic carbocycles. The minimum absolute atomic E-state index is 0.0194. The summed E-state index contributed by atoms with van der Waals surface area (Å²) in [5.41, 5.74) is 7.05. The lowest BCUT2D eigenvalue weighted by Gasteiger charge is -2.32. The Hall–Kier alpha value is -1.07. The average Bonchev–Trinajstić information content (AvgIpc) is 3.27. The van der Waals surface area contributed by atoms with Crippen molar-refractivity contribution in [3.63, 3.8) is 0 Å². The molecule has 2 fully saturated rings. The minimum atomic E-state index is -0.0194. The lowest BCUT2D eigenvalue weighted by atomic mass is 10.0. The van der Waals surface area contributed by atoms with E-state index < -0.39 is 0 Å². The van der Waals surface area contributed by atoms with Crippen molar-refractivity contribution in [2.24, 2.45) is 0 Å². The Balaban J connectivity index is 1.54. The third-order valence-electron chi connectivity index (χ3n) is 4.19. The molecule has 108 valence electrons. The van der Waals surface area contributed by atoms with Crippen molar-refractivity contribution in [1.82, 2.24) is 10.2 Å². The zero-order valence-corrected chi connectivity index (χ0v) is 13.0. The van der Waals surface area contributed by atoms with Gasteiger partial charge in [-0.2, -0.15) is 0 Å². The van der Waals surface area contributed by atoms with E-state index in [9.17, 15) is 4.79 Å². The predicted molar refractivity (Wildman–Crippen MR) is 83.6 cm³/mol. The molecule has 1 aromatic rings. The smallest absolute Gasteiger partial charge is 0.251 e. The summed E-state index contributed by atoms with van der Waals surface area (Å²) >= 11 is 3.34. The third-order valence-corrected chi connectivity index (χ3v) is 4.91. The van der Waals surface area contributed by atoms with Crippen molar-refractivity contribution in [3.05, 3.63) is 28.2 Å². The normalized spacial score (nSPS) is 20.9. The van der Waals surface area contributed by atoms with E-state index >= 15 is 0 Å². The van der Waals surface area contributed by atoms with Crippen LogP contribution >= 0.6 is 15.9 Å². The molecule has 5 heteroatoms. The van der Waals surface area contributed by atoms with Crippen LogP contribution in [0.15, 0.2) is 22.7 Å². The van der Waals surface area contributed by atoms with E-state index in [2.05, 4.69) is 26.1 Å². The molecule has 0 unspecified atom stereocenters. The number of piperidine rings is 1. The first-order chi connectivity index (χ1) is 9.63. The van der Waals surface area contributed by atoms with E-state index in [4.69, 9.17) is 5.73 Å². The second kappa shape index (κ2) is 5.74. The van der Waals surface area contributed by atoms with E-state index in [1.165, 1.54) is 12.8 Å². The minimum Gasteiger partial charge on any atom is -0.398 e. The molecule has 1 aliphatic heterocycles. The maximum absolute atomic E-state index is 12.2. The zero-order valence-electron chi connectivity index (χ0n) is 11.4. The number of nitrogens with zero attached hydrogens (tertiary/aromatic N) is 1. The molecule has 2 aliphatic rings. The number of halogens is 1. The van der Waals surface area contributed by atoms with Crippen LogP contribution in [0.5, 0.6) is 0 Å². The highest BCUT2D eigenvalue weighted by molar-refractivity contribution is 9.10. The van der Waals surface area contributed by atoms with Crippen LogP contribution < -0.4 is 11.1 Å². The number of amides is 1. The number of carbonyl (C=O) groups excluding carboxylic acids is 1. The Morgan fingerprint density at radius 3 is 2.55 bits per heavy atom. The van der Waals surface area contributed by atoms with Crippen LogP contribution in [0.2, 0.25) is 0 Å². The van der Waals surface area contributed by atoms with Gasteiger partial charge in [0.15, 0.2) is 0 Å². The Labute approximate surface area is 127 Å². The molecule has 0 bridgehead atoms. The van der Waals surface area contributed by atoms with Crippen LogP contribution in [0.3, 0.4) is 0 Å². The molecule has 1 aliphatic carbocycles. The second-order valence-electron chi connectivity index (χ2n) is 5.75. The summed E-state index contributed by atoms with van der Waals surface area (Å²) in [5.74, 6) is -0.0194. The van der Waals surface area contributed by atoms with Crippen molar-refractivity contribution in [2.75, 3.05) is 18.8 Å². The molecule has 3 rings (SSSR count). The van der Waals surface area contributed by atoms with Gasteiger partial charge in [-0.25, -0.2) is 0 Å². The van der Waals surface area contributed by atoms with Crippen LogP contribution in [0.4, 0.5) is 5.69 Å². The van der Waals surface area contributed by atoms with E-state index in [1.807, 2.05) is 6.07 Å². The van der Waals surface area contributed by atoms with Gasteiger partial charge in [-0.05, 0) is 59.8 Å². The largest absolute Gasteiger partial charge is 0.398 e. The first kappa shape index (κ1) is 13.9. The number of anilines is 1. The van der Waals surface area contributed by atoms with Crippen molar-refractivity contribution in [3.8, 4) is 0 Å². The summed E-state index contributed by atoms with van der Waals surface area (Å²) in [5, 5.41) is 3.13. The Bertz CT molecular complexity index is 508. The first-order valence-electron chi connectivity index (χ1n) is 7.23. The topological polar surface area (TPSA) is 58.4 Å². The van der Waals surface area contributed by atoms with E-state index in [-0.39, 0.29) is 5.91 Å². The third kappa shape index (κ3) is 3.15. The quantitative estimate of drug-likeness (QED) is 0.832. The number of carbonyl (C=O) groups is 1. The molecule has 1 amide bonds. The summed E-state index contributed by atoms with van der Waals surface area (Å²) in [6.45, 7) is 2.22. The zero-order chi connectivity index (χ0) is 14.1. The van der Waals surface area contributed by atoms with Crippen molar-refractivity contribution in [1.29, 1.82) is 0 Å². The molecule has 1 saturated carbocycles. The number of hydrogen-bond donors (Lipinski definition) is 2. The maximum Gasteiger partial charge on any atom is 0.251 e. The molecule has 1 saturated heterocycles. The Morgan fingerprint density at radius 1 is 1.25 bits per heavy atom. The fourth-order valence-electron chi connectivity index (χ4n) is 2.80. The fourth-order valence-corrected chi connectivity index (χ4v) is 3.05. The standard InChI is InChI=1S/C15H20BrN3O/c16-13-4-1-10(9-14(13)17)15(20)18-11-5-7-19(8-6-11)12-2-3-12/h1,4,9,11-12H,2-3,5-8,17H2,(H,18,20). The van der Waals surface area contributed by atoms with Gasteiger partial charge in [0.1, 0.15) is 0 Å². The van der Waals surface area contributed by atoms with Crippen molar-refractivity contribution < 1.29 is 4.79 Å². The van der Waals surface area contributed by atoms with Gasteiger partial charge in [-0.1, -0.05) is 0 Å². The molecule has 20 heavy (non-hydrogen) atoms. The van der Waals surface area contributed by atoms with Crippen LogP contribution in [-0.2, 0) is 0 Å². The van der Waals surface area contributed by atoms with E-state index in [0.717, 1.165) is 36.4 Å². The van der Waals surface area contributed by atoms with Crippen LogP contribution in [0.25, 0.3) is 0 Å². The number of nitrogens with two attached hydrogens (primary N) is 1. The lowest BCUT2D eigenvalue weighted by Crippen LogP contribution is -2.45. The molecule has 0 radical (unpaired) electrons. The van der Waals surface area contributed by atoms with Crippen LogP contribution in [-0.4, -0.2) is 36.0 Å². The number of benzene rings is 1. The van der Waals surface area contributed by atoms with Gasteiger partial charge in [0.2, 0.25) is 0 Å². The van der Waals surface area contributed by atoms with E-state index in [0.29, 0.717) is 17.3 Å². The van der Waals surface area contributed by atoms with Gasteiger partial charge in [-0.15, -0.1) is 0 Å². The second-order valence-corrected chi connectivity index (χ2v) is 6.61. The van der Waals surface area contributed by atoms with Crippen LogP contribution in [0.1, 0.15) is 36.0 Å². The summed E-state index contributed by atoms with van der Waals surface area (Å²) in [6.07, 6.45) is 4.81. The highest BCUT2D eigenvalue weighted by Crippen LogP contribution is 2.29. The van der Waals surface area contributed by atoms with E-state index in [1.54, 1.807) is 12.1 Å². The van der Waals surface area contributed by atoms with Gasteiger partial charge in [0, 0.05) is 40.9 Å². The average molecular weight is 338 g/mol. The number of rotatable bonds is 3. The summed E-state index contributed by atoms with van der Waals surface area (Å²) < 4.78 is 0.826. The monoisotopic (exact) mass is 337 g/mol. The van der Waals surface area contributed by atoms with Gasteiger partial charge < -0.3 is 16.0 Å². The molecule has 1 heterocycles. The molecule has 3 N–H and O–H groups in total. The number of hydrogen-bond acceptors (Lipinski definition) is 3. The molecule has 0 spiro atoms. The SMILES string of the molecule is Nc1cc(C(=O)NC2CCN(C3CC3)CC2)ccc1Br. The van der Waals surface area contributed by atoms with Crippen molar-refractivity contribution in [2.45, 2.75) is 37.8 Å². The summed E-state index contributed by atoms with van der Waals surface area (Å²) in [6, 6.07) is 6.47. The van der Waals surface area contributed by atoms with Gasteiger partial charge in [0.05, 0.1) is 0 Å². The molecular weight excluding hydrogens is 318 g/mol. The first-order valence-corrected chi connectivity index (χ1v) is 8.03. The molecule has 0 atom stereocenters. The molecule has 4 nitrogen and oxygen atoms in total. The highest BCUT2D eigenvalue weighted by Gasteiger charge is 2.32. The maximum atomic E-state index is 12.2. The molecule has 0 aromatic heterocycles. The molecular formula is C15H20BrN3O. The Morgan fingerprint density at radius 2 is 1.95 bits per heavy atom. The van der Waals surface area contributed by atoms with Gasteiger partial charge >= 0.3 is 0 Å². The summed E-state index contributed by atoms with van der Waals surface area (Å²) in [4.78, 5) is 14.8. The fraction of sp³-hybridized carbons (Fsp3) is 0.533. The van der Waals surface area contributed by atoms with Gasteiger partial charge in [0.25, 0.3) is 5.91 Å². The number of nitrogens with one attached hydrogen (secondary N) is 1. The number of nitrogen functional groups attached to an aromatic ring is 1. The highest BCUT2D eigenvalue weighted by atomic mass is 79.9. The van der Waals surface area contributed by atoms with Crippen molar-refractivity contribution >= 4 is 27.5 Å². The lowest BCUT2D eigenvalue weighted by molar-refractivity contribution is 0.0909. The summed E-state index contributed by atoms with van der Waals surface area (Å²) in [7, 11) is 0. The Kier molecular flexibility index (Phi) is 3.98. The predicted octanol–water partition coefficient (Wildman–Crippen LogP) is 2.39. The number of likely N-dealkylation sites (tertiary alicyclic amines) is 1. The van der Waals surface area contributed by atoms with Gasteiger partial charge in [-0.3, -0.25) is 4.79 Å². The van der Waals surface area contributed by atoms with Crippen LogP contribution in [0, 0.1) is 0 Å².